The Balaban J connectivity index is 1.82. The smallest absolute Gasteiger partial charge is 0.308 e. The quantitative estimate of drug-likeness (QED) is 0.705. The maximum absolute atomic E-state index is 13.3. The molecule has 2 aromatic carbocycles. The molecule has 0 unspecified atom stereocenters. The van der Waals surface area contributed by atoms with Crippen molar-refractivity contribution < 1.29 is 4.79 Å². The molecule has 144 valence electrons. The Morgan fingerprint density at radius 1 is 1.04 bits per heavy atom. The fourth-order valence-electron chi connectivity index (χ4n) is 4.08. The molecule has 1 aliphatic rings. The lowest BCUT2D eigenvalue weighted by Gasteiger charge is -2.35. The van der Waals surface area contributed by atoms with Gasteiger partial charge < -0.3 is 4.90 Å². The van der Waals surface area contributed by atoms with Crippen LogP contribution in [0.4, 0.5) is 5.69 Å². The van der Waals surface area contributed by atoms with Crippen LogP contribution < -0.4 is 16.1 Å². The number of aromatic nitrogens is 2. The van der Waals surface area contributed by atoms with Gasteiger partial charge in [-0.1, -0.05) is 30.3 Å². The minimum absolute atomic E-state index is 0.0569. The number of carbonyl (C=O) groups is 1. The fraction of sp³-hybridized carbons (Fsp3) is 0.318. The van der Waals surface area contributed by atoms with E-state index in [1.807, 2.05) is 31.2 Å². The van der Waals surface area contributed by atoms with Gasteiger partial charge in [0, 0.05) is 18.3 Å². The lowest BCUT2D eigenvalue weighted by atomic mass is 9.96. The average molecular weight is 377 g/mol. The second-order valence-corrected chi connectivity index (χ2v) is 7.22. The summed E-state index contributed by atoms with van der Waals surface area (Å²) in [5, 5.41) is 0.448. The molecule has 6 heteroatoms. The predicted octanol–water partition coefficient (Wildman–Crippen LogP) is 2.55. The Hall–Kier alpha value is -3.15. The van der Waals surface area contributed by atoms with Crippen LogP contribution in [-0.4, -0.2) is 21.1 Å². The van der Waals surface area contributed by atoms with Crippen molar-refractivity contribution in [2.45, 2.75) is 45.8 Å². The van der Waals surface area contributed by atoms with E-state index in [1.54, 1.807) is 36.1 Å². The molecule has 1 atom stereocenters. The number of amides is 1. The zero-order valence-corrected chi connectivity index (χ0v) is 16.1. The number of benzene rings is 2. The van der Waals surface area contributed by atoms with Gasteiger partial charge in [-0.3, -0.25) is 18.7 Å². The highest BCUT2D eigenvalue weighted by Gasteiger charge is 2.28. The lowest BCUT2D eigenvalue weighted by Crippen LogP contribution is -2.47. The lowest BCUT2D eigenvalue weighted by molar-refractivity contribution is -0.119. The van der Waals surface area contributed by atoms with E-state index in [0.717, 1.165) is 24.1 Å². The van der Waals surface area contributed by atoms with Gasteiger partial charge in [-0.05, 0) is 50.5 Å². The van der Waals surface area contributed by atoms with Crippen LogP contribution in [0.3, 0.4) is 0 Å². The van der Waals surface area contributed by atoms with E-state index in [-0.39, 0.29) is 30.6 Å². The summed E-state index contributed by atoms with van der Waals surface area (Å²) in [6.07, 6.45) is 1.82. The predicted molar refractivity (Wildman–Crippen MR) is 110 cm³/mol. The number of carbonyl (C=O) groups excluding carboxylic acids is 1. The molecule has 0 N–H and O–H groups in total. The Labute approximate surface area is 162 Å². The molecule has 0 bridgehead atoms. The van der Waals surface area contributed by atoms with Gasteiger partial charge in [0.1, 0.15) is 6.54 Å². The highest BCUT2D eigenvalue weighted by atomic mass is 16.2. The summed E-state index contributed by atoms with van der Waals surface area (Å²) < 4.78 is 2.61. The first-order valence-electron chi connectivity index (χ1n) is 9.65. The van der Waals surface area contributed by atoms with Crippen molar-refractivity contribution >= 4 is 22.5 Å². The van der Waals surface area contributed by atoms with Gasteiger partial charge in [0.05, 0.1) is 10.9 Å². The number of hydrogen-bond donors (Lipinski definition) is 0. The zero-order chi connectivity index (χ0) is 19.8. The number of anilines is 1. The number of aryl methyl sites for hydroxylation is 1. The SMILES string of the molecule is CCn1c(=O)c2ccccc2n(CC(=O)N2c3ccccc3CC[C@H]2C)c1=O. The number of fused-ring (bicyclic) bond motifs is 2. The van der Waals surface area contributed by atoms with Crippen molar-refractivity contribution in [3.8, 4) is 0 Å². The van der Waals surface area contributed by atoms with Crippen LogP contribution in [0.25, 0.3) is 10.9 Å². The van der Waals surface area contributed by atoms with Crippen LogP contribution in [0, 0.1) is 0 Å². The molecule has 3 aromatic rings. The standard InChI is InChI=1S/C22H23N3O3/c1-3-23-21(27)17-9-5-7-11-19(17)24(22(23)28)14-20(26)25-15(2)12-13-16-8-4-6-10-18(16)25/h4-11,15H,3,12-14H2,1-2H3/t15-/m1/s1. The summed E-state index contributed by atoms with van der Waals surface area (Å²) in [6.45, 7) is 3.95. The van der Waals surface area contributed by atoms with Gasteiger partial charge in [0.2, 0.25) is 5.91 Å². The van der Waals surface area contributed by atoms with Crippen LogP contribution in [-0.2, 0) is 24.3 Å². The van der Waals surface area contributed by atoms with Gasteiger partial charge in [0.15, 0.2) is 0 Å². The molecule has 2 heterocycles. The second kappa shape index (κ2) is 7.11. The maximum atomic E-state index is 13.3. The van der Waals surface area contributed by atoms with E-state index in [0.29, 0.717) is 10.9 Å². The van der Waals surface area contributed by atoms with E-state index in [4.69, 9.17) is 0 Å². The van der Waals surface area contributed by atoms with Gasteiger partial charge in [-0.2, -0.15) is 0 Å². The molecule has 4 rings (SSSR count). The van der Waals surface area contributed by atoms with Gasteiger partial charge >= 0.3 is 5.69 Å². The number of nitrogens with zero attached hydrogens (tertiary/aromatic N) is 3. The molecule has 0 aliphatic carbocycles. The summed E-state index contributed by atoms with van der Waals surface area (Å²) in [5.41, 5.74) is 1.78. The van der Waals surface area contributed by atoms with Crippen molar-refractivity contribution in [1.82, 2.24) is 9.13 Å². The molecule has 1 aromatic heterocycles. The van der Waals surface area contributed by atoms with E-state index in [1.165, 1.54) is 9.13 Å². The Morgan fingerprint density at radius 2 is 1.75 bits per heavy atom. The van der Waals surface area contributed by atoms with Crippen molar-refractivity contribution in [2.24, 2.45) is 0 Å². The van der Waals surface area contributed by atoms with Crippen molar-refractivity contribution in [2.75, 3.05) is 4.90 Å². The average Bonchev–Trinajstić information content (AvgIpc) is 2.71. The first-order chi connectivity index (χ1) is 13.5. The van der Waals surface area contributed by atoms with E-state index < -0.39 is 5.69 Å². The van der Waals surface area contributed by atoms with E-state index in [9.17, 15) is 14.4 Å². The summed E-state index contributed by atoms with van der Waals surface area (Å²) >= 11 is 0. The number of para-hydroxylation sites is 2. The van der Waals surface area contributed by atoms with Crippen LogP contribution in [0.15, 0.2) is 58.1 Å². The molecule has 0 saturated heterocycles. The molecule has 0 spiro atoms. The van der Waals surface area contributed by atoms with Crippen molar-refractivity contribution in [3.05, 3.63) is 74.9 Å². The normalized spacial score (nSPS) is 16.2. The fourth-order valence-corrected chi connectivity index (χ4v) is 4.08. The maximum Gasteiger partial charge on any atom is 0.331 e. The minimum atomic E-state index is -0.447. The minimum Gasteiger partial charge on any atom is -0.308 e. The Bertz CT molecular complexity index is 1180. The molecule has 1 aliphatic heterocycles. The first kappa shape index (κ1) is 18.2. The molecule has 6 nitrogen and oxygen atoms in total. The highest BCUT2D eigenvalue weighted by molar-refractivity contribution is 5.95. The molecule has 0 fully saturated rings. The van der Waals surface area contributed by atoms with Gasteiger partial charge in [-0.15, -0.1) is 0 Å². The Morgan fingerprint density at radius 3 is 2.54 bits per heavy atom. The van der Waals surface area contributed by atoms with E-state index >= 15 is 0 Å². The van der Waals surface area contributed by atoms with E-state index in [2.05, 4.69) is 0 Å². The summed E-state index contributed by atoms with van der Waals surface area (Å²) in [4.78, 5) is 40.6. The third-order valence-electron chi connectivity index (χ3n) is 5.53. The molecule has 28 heavy (non-hydrogen) atoms. The zero-order valence-electron chi connectivity index (χ0n) is 16.1. The summed E-state index contributed by atoms with van der Waals surface area (Å²) in [6, 6.07) is 14.9. The monoisotopic (exact) mass is 377 g/mol. The van der Waals surface area contributed by atoms with Crippen LogP contribution >= 0.6 is 0 Å². The number of rotatable bonds is 3. The van der Waals surface area contributed by atoms with Crippen molar-refractivity contribution in [1.29, 1.82) is 0 Å². The molecular weight excluding hydrogens is 354 g/mol. The number of hydrogen-bond acceptors (Lipinski definition) is 3. The van der Waals surface area contributed by atoms with Crippen LogP contribution in [0.2, 0.25) is 0 Å². The summed E-state index contributed by atoms with van der Waals surface area (Å²) in [7, 11) is 0. The highest BCUT2D eigenvalue weighted by Crippen LogP contribution is 2.30. The Kier molecular flexibility index (Phi) is 4.63. The summed E-state index contributed by atoms with van der Waals surface area (Å²) in [5.74, 6) is -0.145. The third-order valence-corrected chi connectivity index (χ3v) is 5.53. The third kappa shape index (κ3) is 2.85. The largest absolute Gasteiger partial charge is 0.331 e. The van der Waals surface area contributed by atoms with Gasteiger partial charge in [-0.25, -0.2) is 4.79 Å². The van der Waals surface area contributed by atoms with Crippen LogP contribution in [0.5, 0.6) is 0 Å². The second-order valence-electron chi connectivity index (χ2n) is 7.22. The topological polar surface area (TPSA) is 64.3 Å². The first-order valence-corrected chi connectivity index (χ1v) is 9.65. The molecule has 1 amide bonds. The van der Waals surface area contributed by atoms with Gasteiger partial charge in [0.25, 0.3) is 5.56 Å². The molecule has 0 radical (unpaired) electrons. The van der Waals surface area contributed by atoms with Crippen LogP contribution in [0.1, 0.15) is 25.8 Å². The van der Waals surface area contributed by atoms with Crippen molar-refractivity contribution in [3.63, 3.8) is 0 Å². The molecule has 0 saturated carbocycles. The molecular formula is C22H23N3O3.